The molecule has 2 nitrogen and oxygen atoms in total. The van der Waals surface area contributed by atoms with Gasteiger partial charge in [-0.25, -0.2) is 0 Å². The highest BCUT2D eigenvalue weighted by Gasteiger charge is 2.12. The SMILES string of the molecule is CCCCN(c1ccnc(CCl)c1)C(C)CC. The Morgan fingerprint density at radius 3 is 2.76 bits per heavy atom. The second-order valence-corrected chi connectivity index (χ2v) is 4.71. The smallest absolute Gasteiger partial charge is 0.0648 e. The Morgan fingerprint density at radius 1 is 1.41 bits per heavy atom. The molecule has 0 aliphatic heterocycles. The number of alkyl halides is 1. The van der Waals surface area contributed by atoms with Gasteiger partial charge in [0.05, 0.1) is 11.6 Å². The summed E-state index contributed by atoms with van der Waals surface area (Å²) in [5.41, 5.74) is 2.20. The summed E-state index contributed by atoms with van der Waals surface area (Å²) in [5, 5.41) is 0. The topological polar surface area (TPSA) is 16.1 Å². The molecule has 17 heavy (non-hydrogen) atoms. The third kappa shape index (κ3) is 4.19. The maximum absolute atomic E-state index is 5.84. The van der Waals surface area contributed by atoms with Gasteiger partial charge >= 0.3 is 0 Å². The van der Waals surface area contributed by atoms with Crippen molar-refractivity contribution in [3.63, 3.8) is 0 Å². The Labute approximate surface area is 110 Å². The lowest BCUT2D eigenvalue weighted by molar-refractivity contribution is 0.595. The van der Waals surface area contributed by atoms with E-state index < -0.39 is 0 Å². The van der Waals surface area contributed by atoms with E-state index in [1.165, 1.54) is 18.5 Å². The Bertz CT molecular complexity index is 328. The first-order valence-electron chi connectivity index (χ1n) is 6.50. The van der Waals surface area contributed by atoms with Crippen LogP contribution in [0, 0.1) is 0 Å². The molecule has 0 saturated heterocycles. The monoisotopic (exact) mass is 254 g/mol. The van der Waals surface area contributed by atoms with E-state index in [1.807, 2.05) is 6.20 Å². The standard InChI is InChI=1S/C14H23ClN2/c1-4-6-9-17(12(3)5-2)14-7-8-16-13(10-14)11-15/h7-8,10,12H,4-6,9,11H2,1-3H3. The van der Waals surface area contributed by atoms with E-state index in [2.05, 4.69) is 42.8 Å². The fourth-order valence-corrected chi connectivity index (χ4v) is 2.02. The third-order valence-electron chi connectivity index (χ3n) is 3.14. The Balaban J connectivity index is 2.86. The van der Waals surface area contributed by atoms with Gasteiger partial charge in [-0.1, -0.05) is 20.3 Å². The van der Waals surface area contributed by atoms with Crippen LogP contribution in [0.2, 0.25) is 0 Å². The molecule has 96 valence electrons. The summed E-state index contributed by atoms with van der Waals surface area (Å²) in [6.07, 6.45) is 5.46. The third-order valence-corrected chi connectivity index (χ3v) is 3.42. The van der Waals surface area contributed by atoms with Gasteiger partial charge in [0, 0.05) is 24.5 Å². The first-order chi connectivity index (χ1) is 8.22. The zero-order chi connectivity index (χ0) is 12.7. The molecular weight excluding hydrogens is 232 g/mol. The molecule has 1 atom stereocenters. The largest absolute Gasteiger partial charge is 0.369 e. The second-order valence-electron chi connectivity index (χ2n) is 4.44. The lowest BCUT2D eigenvalue weighted by Crippen LogP contribution is -2.33. The van der Waals surface area contributed by atoms with Crippen LogP contribution in [0.5, 0.6) is 0 Å². The molecule has 0 radical (unpaired) electrons. The lowest BCUT2D eigenvalue weighted by atomic mass is 10.1. The number of halogens is 1. The number of hydrogen-bond acceptors (Lipinski definition) is 2. The van der Waals surface area contributed by atoms with Crippen molar-refractivity contribution in [2.45, 2.75) is 52.0 Å². The Kier molecular flexibility index (Phi) is 6.35. The van der Waals surface area contributed by atoms with Crippen molar-refractivity contribution in [2.24, 2.45) is 0 Å². The molecule has 0 spiro atoms. The second kappa shape index (κ2) is 7.54. The van der Waals surface area contributed by atoms with Crippen molar-refractivity contribution in [1.29, 1.82) is 0 Å². The van der Waals surface area contributed by atoms with Gasteiger partial charge in [-0.2, -0.15) is 0 Å². The van der Waals surface area contributed by atoms with Crippen molar-refractivity contribution in [1.82, 2.24) is 4.98 Å². The minimum atomic E-state index is 0.482. The Hall–Kier alpha value is -0.760. The molecule has 1 aromatic heterocycles. The highest BCUT2D eigenvalue weighted by Crippen LogP contribution is 2.20. The summed E-state index contributed by atoms with van der Waals surface area (Å²) >= 11 is 5.84. The van der Waals surface area contributed by atoms with Gasteiger partial charge in [-0.3, -0.25) is 4.98 Å². The van der Waals surface area contributed by atoms with Crippen LogP contribution in [-0.2, 0) is 5.88 Å². The van der Waals surface area contributed by atoms with Crippen molar-refractivity contribution in [3.8, 4) is 0 Å². The quantitative estimate of drug-likeness (QED) is 0.677. The number of unbranched alkanes of at least 4 members (excludes halogenated alkanes) is 1. The normalized spacial score (nSPS) is 12.5. The minimum Gasteiger partial charge on any atom is -0.369 e. The van der Waals surface area contributed by atoms with E-state index >= 15 is 0 Å². The predicted molar refractivity (Wildman–Crippen MR) is 75.8 cm³/mol. The van der Waals surface area contributed by atoms with E-state index in [-0.39, 0.29) is 0 Å². The van der Waals surface area contributed by atoms with Gasteiger partial charge in [-0.05, 0) is 31.9 Å². The number of anilines is 1. The van der Waals surface area contributed by atoms with Crippen molar-refractivity contribution in [3.05, 3.63) is 24.0 Å². The summed E-state index contributed by atoms with van der Waals surface area (Å²) in [5.74, 6) is 0.482. The molecule has 0 aromatic carbocycles. The zero-order valence-corrected chi connectivity index (χ0v) is 11.9. The van der Waals surface area contributed by atoms with E-state index in [1.54, 1.807) is 0 Å². The van der Waals surface area contributed by atoms with Crippen LogP contribution >= 0.6 is 11.6 Å². The number of pyridine rings is 1. The van der Waals surface area contributed by atoms with Gasteiger partial charge in [-0.15, -0.1) is 11.6 Å². The number of rotatable bonds is 7. The Morgan fingerprint density at radius 2 is 2.18 bits per heavy atom. The van der Waals surface area contributed by atoms with Crippen LogP contribution in [0.25, 0.3) is 0 Å². The molecule has 0 N–H and O–H groups in total. The van der Waals surface area contributed by atoms with Crippen LogP contribution in [0.4, 0.5) is 5.69 Å². The molecule has 0 amide bonds. The van der Waals surface area contributed by atoms with Crippen LogP contribution in [0.15, 0.2) is 18.3 Å². The van der Waals surface area contributed by atoms with Gasteiger partial charge in [0.25, 0.3) is 0 Å². The zero-order valence-electron chi connectivity index (χ0n) is 11.1. The first-order valence-corrected chi connectivity index (χ1v) is 7.03. The van der Waals surface area contributed by atoms with Crippen molar-refractivity contribution in [2.75, 3.05) is 11.4 Å². The summed E-state index contributed by atoms with van der Waals surface area (Å²) in [6, 6.07) is 4.75. The van der Waals surface area contributed by atoms with Gasteiger partial charge < -0.3 is 4.90 Å². The molecular formula is C14H23ClN2. The molecule has 1 rings (SSSR count). The summed E-state index contributed by atoms with van der Waals surface area (Å²) < 4.78 is 0. The van der Waals surface area contributed by atoms with Crippen LogP contribution in [-0.4, -0.2) is 17.6 Å². The van der Waals surface area contributed by atoms with E-state index in [0.29, 0.717) is 11.9 Å². The summed E-state index contributed by atoms with van der Waals surface area (Å²) in [7, 11) is 0. The average Bonchev–Trinajstić information content (AvgIpc) is 2.39. The molecule has 3 heteroatoms. The average molecular weight is 255 g/mol. The summed E-state index contributed by atoms with van der Waals surface area (Å²) in [6.45, 7) is 7.84. The van der Waals surface area contributed by atoms with E-state index in [0.717, 1.165) is 18.7 Å². The first kappa shape index (κ1) is 14.3. The fourth-order valence-electron chi connectivity index (χ4n) is 1.87. The molecule has 0 saturated carbocycles. The van der Waals surface area contributed by atoms with Crippen LogP contribution in [0.3, 0.4) is 0 Å². The molecule has 1 heterocycles. The lowest BCUT2D eigenvalue weighted by Gasteiger charge is -2.31. The molecule has 0 aliphatic rings. The van der Waals surface area contributed by atoms with E-state index in [9.17, 15) is 0 Å². The van der Waals surface area contributed by atoms with Crippen LogP contribution < -0.4 is 4.90 Å². The van der Waals surface area contributed by atoms with Crippen LogP contribution in [0.1, 0.15) is 45.7 Å². The minimum absolute atomic E-state index is 0.482. The number of hydrogen-bond donors (Lipinski definition) is 0. The molecule has 0 fully saturated rings. The number of nitrogens with zero attached hydrogens (tertiary/aromatic N) is 2. The number of aromatic nitrogens is 1. The van der Waals surface area contributed by atoms with Crippen molar-refractivity contribution < 1.29 is 0 Å². The summed E-state index contributed by atoms with van der Waals surface area (Å²) in [4.78, 5) is 6.71. The van der Waals surface area contributed by atoms with Gasteiger partial charge in [0.15, 0.2) is 0 Å². The molecule has 1 aromatic rings. The highest BCUT2D eigenvalue weighted by molar-refractivity contribution is 6.16. The van der Waals surface area contributed by atoms with Gasteiger partial charge in [0.2, 0.25) is 0 Å². The van der Waals surface area contributed by atoms with Gasteiger partial charge in [0.1, 0.15) is 0 Å². The predicted octanol–water partition coefficient (Wildman–Crippen LogP) is 4.23. The molecule has 0 bridgehead atoms. The maximum Gasteiger partial charge on any atom is 0.0648 e. The van der Waals surface area contributed by atoms with E-state index in [4.69, 9.17) is 11.6 Å². The molecule has 0 aliphatic carbocycles. The maximum atomic E-state index is 5.84. The van der Waals surface area contributed by atoms with Crippen molar-refractivity contribution >= 4 is 17.3 Å². The fraction of sp³-hybridized carbons (Fsp3) is 0.643. The molecule has 1 unspecified atom stereocenters. The highest BCUT2D eigenvalue weighted by atomic mass is 35.5.